The number of piperidine rings is 2. The van der Waals surface area contributed by atoms with Crippen LogP contribution in [-0.2, 0) is 21.7 Å². The third kappa shape index (κ3) is 5.04. The Hall–Kier alpha value is -3.95. The molecule has 8 nitrogen and oxygen atoms in total. The third-order valence-electron chi connectivity index (χ3n) is 9.62. The number of carbonyl (C=O) groups is 2. The number of rotatable bonds is 6. The van der Waals surface area contributed by atoms with E-state index in [0.717, 1.165) is 17.8 Å². The number of hydrogen-bond donors (Lipinski definition) is 2. The number of pyridine rings is 1. The summed E-state index contributed by atoms with van der Waals surface area (Å²) < 4.78 is 18.3. The fourth-order valence-corrected chi connectivity index (χ4v) is 6.84. The number of nitrogens with zero attached hydrogens (tertiary/aromatic N) is 4. The van der Waals surface area contributed by atoms with Crippen LogP contribution < -0.4 is 5.32 Å². The molecule has 222 valence electrons. The maximum Gasteiger partial charge on any atom is 0.234 e. The summed E-state index contributed by atoms with van der Waals surface area (Å²) in [6.07, 6.45) is 7.02. The van der Waals surface area contributed by atoms with E-state index in [1.807, 2.05) is 13.8 Å². The third-order valence-corrected chi connectivity index (χ3v) is 9.62. The summed E-state index contributed by atoms with van der Waals surface area (Å²) in [6.45, 7) is 5.90. The zero-order valence-corrected chi connectivity index (χ0v) is 24.5. The van der Waals surface area contributed by atoms with Crippen molar-refractivity contribution in [1.82, 2.24) is 25.0 Å². The zero-order chi connectivity index (χ0) is 29.9. The summed E-state index contributed by atoms with van der Waals surface area (Å²) in [4.78, 5) is 30.8. The van der Waals surface area contributed by atoms with E-state index in [4.69, 9.17) is 5.10 Å². The van der Waals surface area contributed by atoms with Gasteiger partial charge in [0.1, 0.15) is 5.82 Å². The standard InChI is InChI=1S/C34H36FN5O3/c1-33(2)20-39(19-21-3-5-22(6-4-21)28-13-15-40(38-28)24-7-8-24)16-14-34(33,43)27-10-11-29-26(31(27)35)17-23(18-36-29)25-9-12-30(41)37-32(25)42/h3-6,10-11,13,15,17-18,24-25,43H,7-9,12,14,16,19-20H2,1-2H3,(H,37,41,42)/t25?,34-/m1/s1. The molecule has 7 rings (SSSR count). The Morgan fingerprint density at radius 1 is 1.07 bits per heavy atom. The molecule has 2 atom stereocenters. The van der Waals surface area contributed by atoms with E-state index in [1.54, 1.807) is 24.4 Å². The van der Waals surface area contributed by atoms with Crippen LogP contribution in [0.5, 0.6) is 0 Å². The van der Waals surface area contributed by atoms with E-state index < -0.39 is 22.8 Å². The van der Waals surface area contributed by atoms with Crippen molar-refractivity contribution in [2.45, 2.75) is 70.1 Å². The molecular weight excluding hydrogens is 545 g/mol. The minimum atomic E-state index is -1.39. The van der Waals surface area contributed by atoms with Gasteiger partial charge in [0.2, 0.25) is 11.8 Å². The van der Waals surface area contributed by atoms with Crippen molar-refractivity contribution in [3.05, 3.63) is 83.4 Å². The first-order chi connectivity index (χ1) is 20.6. The molecule has 43 heavy (non-hydrogen) atoms. The first-order valence-corrected chi connectivity index (χ1v) is 15.1. The monoisotopic (exact) mass is 581 g/mol. The van der Waals surface area contributed by atoms with E-state index >= 15 is 4.39 Å². The van der Waals surface area contributed by atoms with Crippen molar-refractivity contribution < 1.29 is 19.1 Å². The highest BCUT2D eigenvalue weighted by Crippen LogP contribution is 2.48. The number of carbonyl (C=O) groups excluding carboxylic acids is 2. The minimum Gasteiger partial charge on any atom is -0.384 e. The van der Waals surface area contributed by atoms with Crippen molar-refractivity contribution in [2.24, 2.45) is 5.41 Å². The fourth-order valence-electron chi connectivity index (χ4n) is 6.84. The van der Waals surface area contributed by atoms with Crippen LogP contribution in [-0.4, -0.2) is 49.7 Å². The van der Waals surface area contributed by atoms with E-state index in [0.29, 0.717) is 43.1 Å². The number of aliphatic hydroxyl groups is 1. The molecule has 2 aliphatic heterocycles. The summed E-state index contributed by atoms with van der Waals surface area (Å²) in [5.74, 6) is -1.76. The van der Waals surface area contributed by atoms with Crippen molar-refractivity contribution >= 4 is 22.7 Å². The molecule has 1 aliphatic carbocycles. The minimum absolute atomic E-state index is 0.233. The van der Waals surface area contributed by atoms with Crippen molar-refractivity contribution in [3.8, 4) is 11.3 Å². The first-order valence-electron chi connectivity index (χ1n) is 15.1. The average Bonchev–Trinajstić information content (AvgIpc) is 3.72. The van der Waals surface area contributed by atoms with Gasteiger partial charge in [-0.3, -0.25) is 29.5 Å². The highest BCUT2D eigenvalue weighted by atomic mass is 19.1. The Bertz CT molecular complexity index is 1730. The topological polar surface area (TPSA) is 100 Å². The quantitative estimate of drug-likeness (QED) is 0.303. The van der Waals surface area contributed by atoms with E-state index in [1.165, 1.54) is 18.4 Å². The summed E-state index contributed by atoms with van der Waals surface area (Å²) >= 11 is 0. The highest BCUT2D eigenvalue weighted by molar-refractivity contribution is 6.01. The van der Waals surface area contributed by atoms with Gasteiger partial charge >= 0.3 is 0 Å². The number of hydrogen-bond acceptors (Lipinski definition) is 6. The molecule has 2 amide bonds. The van der Waals surface area contributed by atoms with Crippen molar-refractivity contribution in [3.63, 3.8) is 0 Å². The summed E-state index contributed by atoms with van der Waals surface area (Å²) in [5.41, 5.74) is 2.49. The zero-order valence-electron chi connectivity index (χ0n) is 24.5. The average molecular weight is 582 g/mol. The van der Waals surface area contributed by atoms with Crippen molar-refractivity contribution in [2.75, 3.05) is 13.1 Å². The van der Waals surface area contributed by atoms with Gasteiger partial charge < -0.3 is 5.11 Å². The van der Waals surface area contributed by atoms with Crippen LogP contribution in [0.3, 0.4) is 0 Å². The van der Waals surface area contributed by atoms with Crippen LogP contribution in [0.4, 0.5) is 4.39 Å². The molecule has 2 aromatic heterocycles. The SMILES string of the molecule is CC1(C)CN(Cc2ccc(-c3ccn(C4CC4)n3)cc2)CC[C@@]1(O)c1ccc2ncc(C3CCC(=O)NC3=O)cc2c1F. The van der Waals surface area contributed by atoms with Crippen LogP contribution in [0.2, 0.25) is 0 Å². The second-order valence-corrected chi connectivity index (χ2v) is 13.1. The molecule has 3 fully saturated rings. The molecule has 3 aliphatic rings. The molecule has 4 aromatic rings. The Labute approximate surface area is 249 Å². The number of imide groups is 1. The van der Waals surface area contributed by atoms with Crippen LogP contribution in [0.15, 0.2) is 60.9 Å². The van der Waals surface area contributed by atoms with Gasteiger partial charge in [0.05, 0.1) is 28.8 Å². The van der Waals surface area contributed by atoms with Gasteiger partial charge in [-0.1, -0.05) is 44.2 Å². The van der Waals surface area contributed by atoms with E-state index in [-0.39, 0.29) is 29.2 Å². The van der Waals surface area contributed by atoms with E-state index in [9.17, 15) is 14.7 Å². The highest BCUT2D eigenvalue weighted by Gasteiger charge is 2.50. The van der Waals surface area contributed by atoms with Gasteiger partial charge in [-0.05, 0) is 55.0 Å². The molecule has 1 unspecified atom stereocenters. The normalized spacial score (nSPS) is 24.3. The molecule has 4 heterocycles. The lowest BCUT2D eigenvalue weighted by molar-refractivity contribution is -0.134. The fraction of sp³-hybridized carbons (Fsp3) is 0.412. The van der Waals surface area contributed by atoms with Crippen LogP contribution in [0, 0.1) is 11.2 Å². The van der Waals surface area contributed by atoms with Gasteiger partial charge in [-0.2, -0.15) is 5.10 Å². The maximum absolute atomic E-state index is 16.2. The number of fused-ring (bicyclic) bond motifs is 1. The van der Waals surface area contributed by atoms with Crippen LogP contribution in [0.25, 0.3) is 22.2 Å². The first kappa shape index (κ1) is 27.9. The smallest absolute Gasteiger partial charge is 0.234 e. The Morgan fingerprint density at radius 2 is 1.86 bits per heavy atom. The Morgan fingerprint density at radius 3 is 2.58 bits per heavy atom. The summed E-state index contributed by atoms with van der Waals surface area (Å²) in [5, 5.41) is 19.5. The lowest BCUT2D eigenvalue weighted by atomic mass is 9.66. The number of likely N-dealkylation sites (tertiary alicyclic amines) is 1. The summed E-state index contributed by atoms with van der Waals surface area (Å²) in [7, 11) is 0. The molecule has 0 radical (unpaired) electrons. The molecule has 1 saturated carbocycles. The van der Waals surface area contributed by atoms with Gasteiger partial charge in [0.25, 0.3) is 0 Å². The number of nitrogens with one attached hydrogen (secondary N) is 1. The second-order valence-electron chi connectivity index (χ2n) is 13.1. The van der Waals surface area contributed by atoms with E-state index in [2.05, 4.69) is 56.4 Å². The molecular formula is C34H36FN5O3. The number of benzene rings is 2. The van der Waals surface area contributed by atoms with Crippen LogP contribution >= 0.6 is 0 Å². The lowest BCUT2D eigenvalue weighted by Gasteiger charge is -2.50. The summed E-state index contributed by atoms with van der Waals surface area (Å²) in [6, 6.07) is 16.2. The number of aromatic nitrogens is 3. The predicted octanol–water partition coefficient (Wildman–Crippen LogP) is 5.21. The van der Waals surface area contributed by atoms with Gasteiger partial charge in [-0.15, -0.1) is 0 Å². The molecule has 2 saturated heterocycles. The molecule has 2 N–H and O–H groups in total. The number of amides is 2. The second kappa shape index (κ2) is 10.3. The molecule has 9 heteroatoms. The van der Waals surface area contributed by atoms with Crippen LogP contribution in [0.1, 0.15) is 74.6 Å². The molecule has 2 aromatic carbocycles. The lowest BCUT2D eigenvalue weighted by Crippen LogP contribution is -2.55. The number of halogens is 1. The molecule has 0 bridgehead atoms. The van der Waals surface area contributed by atoms with Gasteiger partial charge in [0.15, 0.2) is 0 Å². The maximum atomic E-state index is 16.2. The predicted molar refractivity (Wildman–Crippen MR) is 160 cm³/mol. The van der Waals surface area contributed by atoms with Crippen molar-refractivity contribution in [1.29, 1.82) is 0 Å². The van der Waals surface area contributed by atoms with Gasteiger partial charge in [-0.25, -0.2) is 4.39 Å². The van der Waals surface area contributed by atoms with Gasteiger partial charge in [0, 0.05) is 60.4 Å². The Balaban J connectivity index is 1.09. The molecule has 0 spiro atoms. The Kier molecular flexibility index (Phi) is 6.70. The largest absolute Gasteiger partial charge is 0.384 e.